The first-order chi connectivity index (χ1) is 7.25. The molecule has 2 nitrogen and oxygen atoms in total. The smallest absolute Gasteiger partial charge is 0.178 e. The van der Waals surface area contributed by atoms with Crippen LogP contribution < -0.4 is 0 Å². The van der Waals surface area contributed by atoms with Crippen molar-refractivity contribution in [1.29, 1.82) is 0 Å². The van der Waals surface area contributed by atoms with Gasteiger partial charge in [-0.05, 0) is 42.6 Å². The maximum atomic E-state index is 5.35. The van der Waals surface area contributed by atoms with E-state index in [1.165, 1.54) is 11.9 Å². The van der Waals surface area contributed by atoms with E-state index in [0.29, 0.717) is 0 Å². The van der Waals surface area contributed by atoms with E-state index in [1.807, 2.05) is 6.07 Å². The van der Waals surface area contributed by atoms with Crippen LogP contribution in [0.3, 0.4) is 0 Å². The van der Waals surface area contributed by atoms with Gasteiger partial charge in [-0.15, -0.1) is 0 Å². The van der Waals surface area contributed by atoms with Crippen molar-refractivity contribution >= 4 is 23.3 Å². The van der Waals surface area contributed by atoms with E-state index in [1.54, 1.807) is 0 Å². The lowest BCUT2D eigenvalue weighted by atomic mass is 10.3. The standard InChI is InChI=1S/C12H14N2S/c1-8-6-9(8)7-14-11-5-3-2-4-10(11)13-12(14)15/h2-5,8-9H,6-7H2,1H3,(H,13,15). The second-order valence-corrected chi connectivity index (χ2v) is 4.92. The number of hydrogen-bond donors (Lipinski definition) is 1. The van der Waals surface area contributed by atoms with E-state index in [0.717, 1.165) is 28.7 Å². The van der Waals surface area contributed by atoms with Gasteiger partial charge in [0.1, 0.15) is 0 Å². The Bertz CT molecular complexity index is 552. The molecule has 0 amide bonds. The third-order valence-corrected chi connectivity index (χ3v) is 3.70. The van der Waals surface area contributed by atoms with Gasteiger partial charge in [0.25, 0.3) is 0 Å². The predicted octanol–water partition coefficient (Wildman–Crippen LogP) is 3.35. The first-order valence-corrected chi connectivity index (χ1v) is 5.84. The average molecular weight is 218 g/mol. The van der Waals surface area contributed by atoms with Gasteiger partial charge in [-0.3, -0.25) is 0 Å². The molecular formula is C12H14N2S. The number of fused-ring (bicyclic) bond motifs is 1. The van der Waals surface area contributed by atoms with Crippen molar-refractivity contribution in [3.8, 4) is 0 Å². The first kappa shape index (κ1) is 9.16. The molecule has 15 heavy (non-hydrogen) atoms. The fourth-order valence-corrected chi connectivity index (χ4v) is 2.46. The Kier molecular flexibility index (Phi) is 1.96. The lowest BCUT2D eigenvalue weighted by Crippen LogP contribution is -2.00. The monoisotopic (exact) mass is 218 g/mol. The highest BCUT2D eigenvalue weighted by Crippen LogP contribution is 2.39. The molecule has 3 heteroatoms. The molecule has 0 radical (unpaired) electrons. The topological polar surface area (TPSA) is 20.7 Å². The van der Waals surface area contributed by atoms with Gasteiger partial charge in [0.05, 0.1) is 11.0 Å². The second kappa shape index (κ2) is 3.20. The third kappa shape index (κ3) is 1.51. The number of hydrogen-bond acceptors (Lipinski definition) is 1. The normalized spacial score (nSPS) is 24.6. The molecule has 1 aromatic carbocycles. The molecule has 0 bridgehead atoms. The molecule has 1 aliphatic rings. The van der Waals surface area contributed by atoms with Gasteiger partial charge < -0.3 is 9.55 Å². The van der Waals surface area contributed by atoms with Crippen LogP contribution in [0.25, 0.3) is 11.0 Å². The summed E-state index contributed by atoms with van der Waals surface area (Å²) in [6.07, 6.45) is 1.35. The highest BCUT2D eigenvalue weighted by atomic mass is 32.1. The SMILES string of the molecule is CC1CC1Cn1c(=S)[nH]c2ccccc21. The zero-order valence-corrected chi connectivity index (χ0v) is 9.55. The van der Waals surface area contributed by atoms with Crippen molar-refractivity contribution in [2.24, 2.45) is 11.8 Å². The molecule has 1 saturated carbocycles. The maximum absolute atomic E-state index is 5.35. The molecule has 2 aromatic rings. The summed E-state index contributed by atoms with van der Waals surface area (Å²) in [5, 5.41) is 0. The van der Waals surface area contributed by atoms with Gasteiger partial charge in [-0.2, -0.15) is 0 Å². The summed E-state index contributed by atoms with van der Waals surface area (Å²) < 4.78 is 3.09. The van der Waals surface area contributed by atoms with Crippen LogP contribution in [0, 0.1) is 16.6 Å². The summed E-state index contributed by atoms with van der Waals surface area (Å²) in [6.45, 7) is 3.38. The van der Waals surface area contributed by atoms with Crippen LogP contribution in [0.2, 0.25) is 0 Å². The molecule has 0 aliphatic heterocycles. The number of imidazole rings is 1. The lowest BCUT2D eigenvalue weighted by molar-refractivity contribution is 0.600. The number of aromatic nitrogens is 2. The minimum atomic E-state index is 0.830. The van der Waals surface area contributed by atoms with Crippen LogP contribution in [-0.2, 0) is 6.54 Å². The lowest BCUT2D eigenvalue weighted by Gasteiger charge is -2.02. The quantitative estimate of drug-likeness (QED) is 0.767. The molecule has 0 saturated heterocycles. The van der Waals surface area contributed by atoms with Crippen LogP contribution in [0.4, 0.5) is 0 Å². The Morgan fingerprint density at radius 3 is 2.93 bits per heavy atom. The summed E-state index contributed by atoms with van der Waals surface area (Å²) in [5.41, 5.74) is 2.39. The molecule has 1 aromatic heterocycles. The van der Waals surface area contributed by atoms with Crippen molar-refractivity contribution in [1.82, 2.24) is 9.55 Å². The highest BCUT2D eigenvalue weighted by Gasteiger charge is 2.32. The number of nitrogens with one attached hydrogen (secondary N) is 1. The molecule has 1 aliphatic carbocycles. The highest BCUT2D eigenvalue weighted by molar-refractivity contribution is 7.71. The van der Waals surface area contributed by atoms with Crippen molar-refractivity contribution in [3.63, 3.8) is 0 Å². The Hall–Kier alpha value is -1.09. The second-order valence-electron chi connectivity index (χ2n) is 4.53. The summed E-state index contributed by atoms with van der Waals surface area (Å²) in [4.78, 5) is 3.25. The summed E-state index contributed by atoms with van der Waals surface area (Å²) in [5.74, 6) is 1.71. The molecular weight excluding hydrogens is 204 g/mol. The van der Waals surface area contributed by atoms with Gasteiger partial charge >= 0.3 is 0 Å². The van der Waals surface area contributed by atoms with Gasteiger partial charge in [-0.25, -0.2) is 0 Å². The fraction of sp³-hybridized carbons (Fsp3) is 0.417. The Balaban J connectivity index is 2.08. The van der Waals surface area contributed by atoms with Gasteiger partial charge in [0.2, 0.25) is 0 Å². The maximum Gasteiger partial charge on any atom is 0.178 e. The Morgan fingerprint density at radius 2 is 2.20 bits per heavy atom. The number of benzene rings is 1. The molecule has 78 valence electrons. The Labute approximate surface area is 93.9 Å². The molecule has 0 spiro atoms. The minimum absolute atomic E-state index is 0.830. The first-order valence-electron chi connectivity index (χ1n) is 5.43. The van der Waals surface area contributed by atoms with Crippen molar-refractivity contribution in [3.05, 3.63) is 29.0 Å². The van der Waals surface area contributed by atoms with E-state index in [9.17, 15) is 0 Å². The summed E-state index contributed by atoms with van der Waals surface area (Å²) >= 11 is 5.35. The molecule has 1 N–H and O–H groups in total. The van der Waals surface area contributed by atoms with Gasteiger partial charge in [0.15, 0.2) is 4.77 Å². The minimum Gasteiger partial charge on any atom is -0.331 e. The molecule has 2 atom stereocenters. The van der Waals surface area contributed by atoms with E-state index in [-0.39, 0.29) is 0 Å². The van der Waals surface area contributed by atoms with Crippen molar-refractivity contribution in [2.75, 3.05) is 0 Å². The van der Waals surface area contributed by atoms with Crippen LogP contribution >= 0.6 is 12.2 Å². The van der Waals surface area contributed by atoms with Crippen molar-refractivity contribution in [2.45, 2.75) is 19.9 Å². The van der Waals surface area contributed by atoms with Crippen LogP contribution in [0.1, 0.15) is 13.3 Å². The predicted molar refractivity (Wildman–Crippen MR) is 64.4 cm³/mol. The number of nitrogens with zero attached hydrogens (tertiary/aromatic N) is 1. The van der Waals surface area contributed by atoms with E-state index in [4.69, 9.17) is 12.2 Å². The van der Waals surface area contributed by atoms with Crippen LogP contribution in [0.15, 0.2) is 24.3 Å². The van der Waals surface area contributed by atoms with E-state index in [2.05, 4.69) is 34.7 Å². The van der Waals surface area contributed by atoms with Crippen molar-refractivity contribution < 1.29 is 0 Å². The average Bonchev–Trinajstić information content (AvgIpc) is 2.82. The Morgan fingerprint density at radius 1 is 1.47 bits per heavy atom. The van der Waals surface area contributed by atoms with Gasteiger partial charge in [-0.1, -0.05) is 19.1 Å². The molecule has 1 fully saturated rings. The van der Waals surface area contributed by atoms with E-state index < -0.39 is 0 Å². The van der Waals surface area contributed by atoms with Gasteiger partial charge in [0, 0.05) is 6.54 Å². The van der Waals surface area contributed by atoms with Crippen LogP contribution in [-0.4, -0.2) is 9.55 Å². The van der Waals surface area contributed by atoms with Crippen LogP contribution in [0.5, 0.6) is 0 Å². The summed E-state index contributed by atoms with van der Waals surface area (Å²) in [7, 11) is 0. The zero-order valence-electron chi connectivity index (χ0n) is 8.73. The number of aromatic amines is 1. The number of H-pyrrole nitrogens is 1. The molecule has 2 unspecified atom stereocenters. The fourth-order valence-electron chi connectivity index (χ4n) is 2.18. The third-order valence-electron chi connectivity index (χ3n) is 3.37. The molecule has 3 rings (SSSR count). The van der Waals surface area contributed by atoms with E-state index >= 15 is 0 Å². The number of para-hydroxylation sites is 2. The largest absolute Gasteiger partial charge is 0.331 e. The zero-order chi connectivity index (χ0) is 10.4. The molecule has 1 heterocycles. The number of rotatable bonds is 2. The summed E-state index contributed by atoms with van der Waals surface area (Å²) in [6, 6.07) is 8.32.